The molecule has 2 rings (SSSR count). The molecule has 1 heterocycles. The number of aliphatic carboxylic acids is 1. The number of hydrogen-bond acceptors (Lipinski definition) is 4. The van der Waals surface area contributed by atoms with Gasteiger partial charge in [-0.2, -0.15) is 0 Å². The van der Waals surface area contributed by atoms with Gasteiger partial charge in [-0.25, -0.2) is 0 Å². The number of carboxylic acids is 1. The van der Waals surface area contributed by atoms with Crippen molar-refractivity contribution in [2.24, 2.45) is 0 Å². The van der Waals surface area contributed by atoms with Gasteiger partial charge in [-0.15, -0.1) is 0 Å². The molecule has 0 aliphatic rings. The fraction of sp³-hybridized carbons (Fsp3) is 0.400. The Balaban J connectivity index is 2.19. The number of carbonyl (C=O) groups is 2. The monoisotopic (exact) mass is 290 g/mol. The van der Waals surface area contributed by atoms with E-state index in [0.717, 1.165) is 5.39 Å². The SMILES string of the molecule is CCC(C)N(CC(=O)O)C(=O)Cc1noc2ccccc12. The zero-order valence-electron chi connectivity index (χ0n) is 12.1. The highest BCUT2D eigenvalue weighted by molar-refractivity contribution is 5.88. The van der Waals surface area contributed by atoms with Crippen LogP contribution in [0.4, 0.5) is 0 Å². The molecule has 0 fully saturated rings. The first kappa shape index (κ1) is 15.0. The topological polar surface area (TPSA) is 83.6 Å². The van der Waals surface area contributed by atoms with Crippen LogP contribution in [0.1, 0.15) is 26.0 Å². The molecule has 1 aromatic heterocycles. The zero-order chi connectivity index (χ0) is 15.4. The molecule has 1 aromatic carbocycles. The average Bonchev–Trinajstić information content (AvgIpc) is 2.87. The molecule has 0 aliphatic heterocycles. The van der Waals surface area contributed by atoms with Gasteiger partial charge >= 0.3 is 5.97 Å². The predicted octanol–water partition coefficient (Wildman–Crippen LogP) is 2.08. The smallest absolute Gasteiger partial charge is 0.323 e. The number of para-hydroxylation sites is 1. The first-order valence-corrected chi connectivity index (χ1v) is 6.87. The summed E-state index contributed by atoms with van der Waals surface area (Å²) in [7, 11) is 0. The molecule has 6 nitrogen and oxygen atoms in total. The van der Waals surface area contributed by atoms with Crippen LogP contribution in [0, 0.1) is 0 Å². The van der Waals surface area contributed by atoms with Crippen molar-refractivity contribution in [3.05, 3.63) is 30.0 Å². The highest BCUT2D eigenvalue weighted by Crippen LogP contribution is 2.19. The standard InChI is InChI=1S/C15H18N2O4/c1-3-10(2)17(9-15(19)20)14(18)8-12-11-6-4-5-7-13(11)21-16-12/h4-7,10H,3,8-9H2,1-2H3,(H,19,20). The van der Waals surface area contributed by atoms with E-state index in [1.54, 1.807) is 6.07 Å². The molecule has 0 radical (unpaired) electrons. The van der Waals surface area contributed by atoms with Gasteiger partial charge in [0.2, 0.25) is 5.91 Å². The molecule has 0 saturated heterocycles. The third-order valence-corrected chi connectivity index (χ3v) is 3.52. The number of hydrogen-bond donors (Lipinski definition) is 1. The number of fused-ring (bicyclic) bond motifs is 1. The molecule has 1 unspecified atom stereocenters. The van der Waals surface area contributed by atoms with Gasteiger partial charge in [-0.05, 0) is 25.5 Å². The van der Waals surface area contributed by atoms with Gasteiger partial charge in [0.1, 0.15) is 12.2 Å². The van der Waals surface area contributed by atoms with Crippen molar-refractivity contribution >= 4 is 22.8 Å². The summed E-state index contributed by atoms with van der Waals surface area (Å²) >= 11 is 0. The van der Waals surface area contributed by atoms with Crippen molar-refractivity contribution in [2.75, 3.05) is 6.54 Å². The molecule has 0 bridgehead atoms. The molecule has 1 atom stereocenters. The minimum absolute atomic E-state index is 0.0363. The summed E-state index contributed by atoms with van der Waals surface area (Å²) in [6.45, 7) is 3.45. The van der Waals surface area contributed by atoms with Crippen LogP contribution in [0.3, 0.4) is 0 Å². The second kappa shape index (κ2) is 6.39. The maximum Gasteiger partial charge on any atom is 0.323 e. The maximum atomic E-state index is 12.4. The Kier molecular flexibility index (Phi) is 4.57. The highest BCUT2D eigenvalue weighted by atomic mass is 16.5. The minimum atomic E-state index is -1.02. The number of rotatable bonds is 6. The molecule has 112 valence electrons. The van der Waals surface area contributed by atoms with Gasteiger partial charge in [0, 0.05) is 11.4 Å². The largest absolute Gasteiger partial charge is 0.480 e. The van der Waals surface area contributed by atoms with Crippen LogP contribution in [0.15, 0.2) is 28.8 Å². The van der Waals surface area contributed by atoms with Gasteiger partial charge in [-0.1, -0.05) is 24.2 Å². The molecule has 1 N–H and O–H groups in total. The van der Waals surface area contributed by atoms with Crippen molar-refractivity contribution in [3.63, 3.8) is 0 Å². The van der Waals surface area contributed by atoms with Crippen LogP contribution < -0.4 is 0 Å². The number of nitrogens with zero attached hydrogens (tertiary/aromatic N) is 2. The van der Waals surface area contributed by atoms with Crippen molar-refractivity contribution < 1.29 is 19.2 Å². The summed E-state index contributed by atoms with van der Waals surface area (Å²) in [6, 6.07) is 7.15. The lowest BCUT2D eigenvalue weighted by atomic mass is 10.1. The Morgan fingerprint density at radius 1 is 1.38 bits per heavy atom. The third kappa shape index (κ3) is 3.39. The van der Waals surface area contributed by atoms with E-state index >= 15 is 0 Å². The fourth-order valence-electron chi connectivity index (χ4n) is 2.17. The van der Waals surface area contributed by atoms with Crippen molar-refractivity contribution in [2.45, 2.75) is 32.7 Å². The van der Waals surface area contributed by atoms with Crippen molar-refractivity contribution in [3.8, 4) is 0 Å². The first-order chi connectivity index (χ1) is 10.0. The zero-order valence-corrected chi connectivity index (χ0v) is 12.1. The Morgan fingerprint density at radius 3 is 2.76 bits per heavy atom. The van der Waals surface area contributed by atoms with E-state index in [0.29, 0.717) is 17.7 Å². The van der Waals surface area contributed by atoms with E-state index in [2.05, 4.69) is 5.16 Å². The van der Waals surface area contributed by atoms with E-state index in [9.17, 15) is 9.59 Å². The number of amides is 1. The summed E-state index contributed by atoms with van der Waals surface area (Å²) in [5, 5.41) is 13.6. The lowest BCUT2D eigenvalue weighted by Crippen LogP contribution is -2.42. The summed E-state index contributed by atoms with van der Waals surface area (Å²) in [5.41, 5.74) is 1.16. The predicted molar refractivity (Wildman–Crippen MR) is 76.8 cm³/mol. The molecule has 0 saturated carbocycles. The lowest BCUT2D eigenvalue weighted by Gasteiger charge is -2.26. The summed E-state index contributed by atoms with van der Waals surface area (Å²) in [6.07, 6.45) is 0.729. The molecule has 0 spiro atoms. The minimum Gasteiger partial charge on any atom is -0.480 e. The summed E-state index contributed by atoms with van der Waals surface area (Å²) < 4.78 is 5.16. The van der Waals surface area contributed by atoms with E-state index in [1.807, 2.05) is 32.0 Å². The molecule has 0 aliphatic carbocycles. The van der Waals surface area contributed by atoms with E-state index < -0.39 is 5.97 Å². The van der Waals surface area contributed by atoms with Gasteiger partial charge in [0.05, 0.1) is 6.42 Å². The number of aromatic nitrogens is 1. The van der Waals surface area contributed by atoms with Crippen LogP contribution >= 0.6 is 0 Å². The average molecular weight is 290 g/mol. The number of carboxylic acid groups (broad SMARTS) is 1. The van der Waals surface area contributed by atoms with Crippen LogP contribution in [0.2, 0.25) is 0 Å². The molecule has 21 heavy (non-hydrogen) atoms. The maximum absolute atomic E-state index is 12.4. The van der Waals surface area contributed by atoms with Crippen LogP contribution in [0.5, 0.6) is 0 Å². The second-order valence-corrected chi connectivity index (χ2v) is 4.97. The van der Waals surface area contributed by atoms with Crippen molar-refractivity contribution in [1.82, 2.24) is 10.1 Å². The van der Waals surface area contributed by atoms with Crippen LogP contribution in [-0.4, -0.2) is 39.6 Å². The Hall–Kier alpha value is -2.37. The Bertz CT molecular complexity index is 650. The lowest BCUT2D eigenvalue weighted by molar-refractivity contribution is -0.145. The molecule has 1 amide bonds. The van der Waals surface area contributed by atoms with Gasteiger partial charge in [0.15, 0.2) is 5.58 Å². The second-order valence-electron chi connectivity index (χ2n) is 4.97. The fourth-order valence-corrected chi connectivity index (χ4v) is 2.17. The normalized spacial score (nSPS) is 12.3. The summed E-state index contributed by atoms with van der Waals surface area (Å²) in [5.74, 6) is -1.28. The van der Waals surface area contributed by atoms with Gasteiger partial charge in [-0.3, -0.25) is 9.59 Å². The van der Waals surface area contributed by atoms with Crippen LogP contribution in [0.25, 0.3) is 11.0 Å². The van der Waals surface area contributed by atoms with E-state index in [1.165, 1.54) is 4.90 Å². The van der Waals surface area contributed by atoms with Crippen LogP contribution in [-0.2, 0) is 16.0 Å². The Morgan fingerprint density at radius 2 is 2.10 bits per heavy atom. The molecular weight excluding hydrogens is 272 g/mol. The molecule has 6 heteroatoms. The Labute approximate surface area is 122 Å². The number of carbonyl (C=O) groups excluding carboxylic acids is 1. The van der Waals surface area contributed by atoms with Gasteiger partial charge in [0.25, 0.3) is 0 Å². The van der Waals surface area contributed by atoms with E-state index in [4.69, 9.17) is 9.63 Å². The summed E-state index contributed by atoms with van der Waals surface area (Å²) in [4.78, 5) is 24.7. The quantitative estimate of drug-likeness (QED) is 0.880. The third-order valence-electron chi connectivity index (χ3n) is 3.52. The highest BCUT2D eigenvalue weighted by Gasteiger charge is 2.23. The first-order valence-electron chi connectivity index (χ1n) is 6.87. The van der Waals surface area contributed by atoms with Gasteiger partial charge < -0.3 is 14.5 Å². The van der Waals surface area contributed by atoms with E-state index in [-0.39, 0.29) is 24.9 Å². The van der Waals surface area contributed by atoms with Crippen molar-refractivity contribution in [1.29, 1.82) is 0 Å². The number of benzene rings is 1. The molecule has 2 aromatic rings. The molecular formula is C15H18N2O4.